The predicted molar refractivity (Wildman–Crippen MR) is 117 cm³/mol. The molecule has 0 aromatic rings. The molecule has 3 unspecified atom stereocenters. The molecule has 0 nitrogen and oxygen atoms in total. The van der Waals surface area contributed by atoms with Gasteiger partial charge in [-0.1, -0.05) is 0 Å². The summed E-state index contributed by atoms with van der Waals surface area (Å²) in [5.41, 5.74) is 3.50. The average molecular weight is 569 g/mol. The summed E-state index contributed by atoms with van der Waals surface area (Å²) in [6.07, 6.45) is 23.5. The van der Waals surface area contributed by atoms with Gasteiger partial charge in [0.15, 0.2) is 0 Å². The number of hydrogen-bond acceptors (Lipinski definition) is 0. The van der Waals surface area contributed by atoms with E-state index in [-0.39, 0.29) is 0 Å². The second-order valence-corrected chi connectivity index (χ2v) is 41.9. The molecule has 3 aliphatic rings. The number of rotatable bonds is 6. The van der Waals surface area contributed by atoms with Gasteiger partial charge in [-0.15, -0.1) is 0 Å². The molecule has 0 bridgehead atoms. The van der Waals surface area contributed by atoms with Gasteiger partial charge < -0.3 is 0 Å². The first-order valence-corrected chi connectivity index (χ1v) is 24.8. The molecule has 0 aromatic carbocycles. The Bertz CT molecular complexity index is 348. The van der Waals surface area contributed by atoms with Crippen molar-refractivity contribution in [3.05, 3.63) is 0 Å². The van der Waals surface area contributed by atoms with Gasteiger partial charge in [0.25, 0.3) is 0 Å². The van der Waals surface area contributed by atoms with Gasteiger partial charge in [-0.05, 0) is 0 Å². The van der Waals surface area contributed by atoms with Crippen LogP contribution in [0.2, 0.25) is 0 Å². The Balaban J connectivity index is 1.68. The molecule has 0 N–H and O–H groups in total. The van der Waals surface area contributed by atoms with Gasteiger partial charge in [-0.2, -0.15) is 0 Å². The molecule has 3 saturated carbocycles. The van der Waals surface area contributed by atoms with Gasteiger partial charge in [-0.25, -0.2) is 0 Å². The average Bonchev–Trinajstić information content (AvgIpc) is 2.64. The topological polar surface area (TPSA) is 0 Å². The molecule has 0 aromatic heterocycles. The Hall–Kier alpha value is 1.85. The monoisotopic (exact) mass is 568 g/mol. The van der Waals surface area contributed by atoms with Gasteiger partial charge in [0.1, 0.15) is 0 Å². The van der Waals surface area contributed by atoms with Crippen molar-refractivity contribution >= 4 is 24.4 Å². The molecular weight excluding hydrogens is 528 g/mol. The van der Waals surface area contributed by atoms with E-state index in [0.29, 0.717) is 0 Å². The second kappa shape index (κ2) is 11.0. The number of hydrogen-bond donors (Lipinski definition) is 0. The van der Waals surface area contributed by atoms with Crippen molar-refractivity contribution in [1.82, 2.24) is 0 Å². The van der Waals surface area contributed by atoms with E-state index < -0.39 is 14.1 Å². The molecule has 0 radical (unpaired) electrons. The summed E-state index contributed by atoms with van der Waals surface area (Å²) in [7, 11) is 0. The summed E-state index contributed by atoms with van der Waals surface area (Å²) in [5, 5.41) is 0. The van der Waals surface area contributed by atoms with Crippen LogP contribution in [0.25, 0.3) is 0 Å². The predicted octanol–water partition coefficient (Wildman–Crippen LogP) is 7.74. The van der Waals surface area contributed by atoms with E-state index in [1.54, 1.807) is 77.0 Å². The fourth-order valence-electron chi connectivity index (χ4n) is 4.43. The molecule has 0 aliphatic heterocycles. The standard InChI is InChI=1S/3C6H12P.C2H4.Pt/c3*7-6-4-2-1-3-5-6;1-2;/h3*6-7H,1-5H2;1H,2H3;/q3*-1;;+3. The van der Waals surface area contributed by atoms with Crippen molar-refractivity contribution in [3.63, 3.8) is 0 Å². The van der Waals surface area contributed by atoms with E-state index in [1.807, 2.05) is 0 Å². The van der Waals surface area contributed by atoms with Gasteiger partial charge >= 0.3 is 159 Å². The van der Waals surface area contributed by atoms with E-state index in [4.69, 9.17) is 0 Å². The van der Waals surface area contributed by atoms with E-state index in [9.17, 15) is 0 Å². The summed E-state index contributed by atoms with van der Waals surface area (Å²) in [6.45, 7) is 6.85. The zero-order valence-electron chi connectivity index (χ0n) is 15.7. The van der Waals surface area contributed by atoms with Gasteiger partial charge in [-0.3, -0.25) is 0 Å². The molecular formula is C20H40P3Pt. The van der Waals surface area contributed by atoms with Crippen molar-refractivity contribution in [1.29, 1.82) is 0 Å². The molecule has 0 amide bonds. The maximum atomic E-state index is 2.93. The van der Waals surface area contributed by atoms with Crippen molar-refractivity contribution in [2.75, 3.05) is 0 Å². The molecule has 4 heteroatoms. The molecule has 3 atom stereocenters. The maximum absolute atomic E-state index is 2.93. The van der Waals surface area contributed by atoms with E-state index >= 15 is 0 Å². The first-order chi connectivity index (χ1) is 11.8. The molecule has 3 aliphatic carbocycles. The van der Waals surface area contributed by atoms with Crippen LogP contribution in [0.15, 0.2) is 0 Å². The second-order valence-electron chi connectivity index (χ2n) is 7.97. The minimum atomic E-state index is -1.60. The van der Waals surface area contributed by atoms with Crippen LogP contribution in [0.4, 0.5) is 0 Å². The molecule has 0 heterocycles. The van der Waals surface area contributed by atoms with Gasteiger partial charge in [0.05, 0.1) is 0 Å². The van der Waals surface area contributed by atoms with Crippen molar-refractivity contribution in [2.24, 2.45) is 0 Å². The zero-order chi connectivity index (χ0) is 16.7. The molecule has 145 valence electrons. The Morgan fingerprint density at radius 1 is 0.542 bits per heavy atom. The summed E-state index contributed by atoms with van der Waals surface area (Å²) in [5.74, 6) is 0. The van der Waals surface area contributed by atoms with Crippen LogP contribution in [0.5, 0.6) is 0 Å². The fraction of sp³-hybridized carbons (Fsp3) is 0.950. The summed E-state index contributed by atoms with van der Waals surface area (Å²) in [6, 6.07) is 0. The summed E-state index contributed by atoms with van der Waals surface area (Å²) in [4.78, 5) is 0. The van der Waals surface area contributed by atoms with Crippen LogP contribution >= 0.6 is 20.0 Å². The SMILES string of the molecule is C[CH]=[Pt]([PH]C1CCCCC1)([PH]C1CCCCC1)[PH]C1CCCCC1. The van der Waals surface area contributed by atoms with Crippen molar-refractivity contribution in [2.45, 2.75) is 120 Å². The Morgan fingerprint density at radius 3 is 1.08 bits per heavy atom. The molecule has 3 fully saturated rings. The normalized spacial score (nSPS) is 30.5. The first kappa shape index (κ1) is 20.6. The van der Waals surface area contributed by atoms with Crippen molar-refractivity contribution < 1.29 is 14.1 Å². The third kappa shape index (κ3) is 6.48. The Labute approximate surface area is 158 Å². The van der Waals surface area contributed by atoms with E-state index in [1.165, 1.54) is 56.3 Å². The van der Waals surface area contributed by atoms with Crippen LogP contribution in [-0.4, -0.2) is 21.4 Å². The third-order valence-electron chi connectivity index (χ3n) is 5.91. The van der Waals surface area contributed by atoms with Crippen LogP contribution < -0.4 is 0 Å². The summed E-state index contributed by atoms with van der Waals surface area (Å²) < 4.78 is 2.93. The van der Waals surface area contributed by atoms with Crippen LogP contribution in [-0.2, 0) is 14.1 Å². The third-order valence-corrected chi connectivity index (χ3v) is 46.8. The molecule has 0 spiro atoms. The minimum absolute atomic E-state index is 1.17. The Morgan fingerprint density at radius 2 is 0.833 bits per heavy atom. The zero-order valence-corrected chi connectivity index (χ0v) is 21.0. The van der Waals surface area contributed by atoms with Crippen LogP contribution in [0.1, 0.15) is 103 Å². The van der Waals surface area contributed by atoms with Gasteiger partial charge in [0.2, 0.25) is 0 Å². The van der Waals surface area contributed by atoms with Gasteiger partial charge in [0, 0.05) is 0 Å². The molecule has 24 heavy (non-hydrogen) atoms. The quantitative estimate of drug-likeness (QED) is 0.288. The van der Waals surface area contributed by atoms with E-state index in [2.05, 4.69) is 11.3 Å². The molecule has 3 rings (SSSR count). The van der Waals surface area contributed by atoms with E-state index in [0.717, 1.165) is 0 Å². The first-order valence-electron chi connectivity index (χ1n) is 10.5. The summed E-state index contributed by atoms with van der Waals surface area (Å²) >= 11 is -1.60. The fourth-order valence-corrected chi connectivity index (χ4v) is 55.0. The molecule has 0 saturated heterocycles. The van der Waals surface area contributed by atoms with Crippen LogP contribution in [0.3, 0.4) is 0 Å². The van der Waals surface area contributed by atoms with Crippen molar-refractivity contribution in [3.8, 4) is 0 Å². The Kier molecular flexibility index (Phi) is 9.43. The van der Waals surface area contributed by atoms with Crippen LogP contribution in [0, 0.1) is 0 Å².